The molecule has 0 aromatic heterocycles. The lowest BCUT2D eigenvalue weighted by Crippen LogP contribution is -2.53. The monoisotopic (exact) mass is 481 g/mol. The van der Waals surface area contributed by atoms with Crippen LogP contribution >= 0.6 is 0 Å². The van der Waals surface area contributed by atoms with E-state index in [9.17, 15) is 53.9 Å². The van der Waals surface area contributed by atoms with Gasteiger partial charge in [0.25, 0.3) is 11.8 Å². The number of benzene rings is 1. The molecule has 2 atom stereocenters. The summed E-state index contributed by atoms with van der Waals surface area (Å²) < 4.78 is 122. The van der Waals surface area contributed by atoms with Gasteiger partial charge in [-0.05, 0) is 19.1 Å². The molecule has 1 aliphatic heterocycles. The Labute approximate surface area is 172 Å². The van der Waals surface area contributed by atoms with Crippen LogP contribution in [0, 0.1) is 0 Å². The number of esters is 1. The highest BCUT2D eigenvalue weighted by Gasteiger charge is 2.64. The van der Waals surface area contributed by atoms with Gasteiger partial charge in [-0.15, -0.1) is 0 Å². The normalized spacial score (nSPS) is 17.8. The molecule has 1 aliphatic rings. The fraction of sp³-hybridized carbons (Fsp3) is 0.471. The Morgan fingerprint density at radius 1 is 0.938 bits per heavy atom. The Morgan fingerprint density at radius 3 is 1.81 bits per heavy atom. The summed E-state index contributed by atoms with van der Waals surface area (Å²) in [7, 11) is 0. The maximum absolute atomic E-state index is 14.1. The van der Waals surface area contributed by atoms with Gasteiger partial charge in [-0.3, -0.25) is 19.2 Å². The van der Waals surface area contributed by atoms with E-state index in [-0.39, 0.29) is 16.0 Å². The Hall–Kier alpha value is -2.84. The van der Waals surface area contributed by atoms with Crippen molar-refractivity contribution in [2.75, 3.05) is 6.61 Å². The molecular weight excluding hydrogens is 469 g/mol. The zero-order valence-corrected chi connectivity index (χ0v) is 15.7. The maximum Gasteiger partial charge on any atom is 0.452 e. The molecule has 0 spiro atoms. The fourth-order valence-electron chi connectivity index (χ4n) is 2.62. The zero-order valence-electron chi connectivity index (χ0n) is 15.7. The smallest absolute Gasteiger partial charge is 0.452 e. The number of carbonyl (C=O) groups is 3. The van der Waals surface area contributed by atoms with Gasteiger partial charge in [0.2, 0.25) is 0 Å². The van der Waals surface area contributed by atoms with Gasteiger partial charge in [-0.1, -0.05) is 12.1 Å². The van der Waals surface area contributed by atoms with Crippen molar-refractivity contribution in [1.29, 1.82) is 0 Å². The summed E-state index contributed by atoms with van der Waals surface area (Å²) in [5.41, 5.74) is -0.301. The first-order valence-electron chi connectivity index (χ1n) is 8.42. The summed E-state index contributed by atoms with van der Waals surface area (Å²) in [5.74, 6) is -9.44. The number of ether oxygens (including phenoxy) is 2. The molecule has 178 valence electrons. The lowest BCUT2D eigenvalue weighted by molar-refractivity contribution is -0.428. The first-order valence-corrected chi connectivity index (χ1v) is 8.42. The van der Waals surface area contributed by atoms with E-state index in [1.54, 1.807) is 0 Å². The highest BCUT2D eigenvalue weighted by atomic mass is 19.4. The lowest BCUT2D eigenvalue weighted by Gasteiger charge is -2.32. The van der Waals surface area contributed by atoms with Crippen molar-refractivity contribution < 1.29 is 63.4 Å². The summed E-state index contributed by atoms with van der Waals surface area (Å²) in [4.78, 5) is 36.8. The van der Waals surface area contributed by atoms with Crippen LogP contribution in [-0.4, -0.2) is 59.6 Å². The highest BCUT2D eigenvalue weighted by molar-refractivity contribution is 6.22. The number of nitrogens with zero attached hydrogens (tertiary/aromatic N) is 1. The molecular formula is C17H12F9NO5. The van der Waals surface area contributed by atoms with E-state index in [1.165, 1.54) is 24.3 Å². The number of hydrogen-bond acceptors (Lipinski definition) is 5. The van der Waals surface area contributed by atoms with Gasteiger partial charge in [0.1, 0.15) is 12.5 Å². The molecule has 0 fully saturated rings. The minimum Gasteiger partial charge on any atom is -0.458 e. The van der Waals surface area contributed by atoms with Crippen LogP contribution in [-0.2, 0) is 14.3 Å². The Kier molecular flexibility index (Phi) is 6.56. The molecule has 2 unspecified atom stereocenters. The lowest BCUT2D eigenvalue weighted by atomic mass is 10.1. The molecule has 6 nitrogen and oxygen atoms in total. The van der Waals surface area contributed by atoms with Crippen molar-refractivity contribution in [3.05, 3.63) is 35.4 Å². The number of amides is 2. The molecule has 1 aromatic carbocycles. The highest BCUT2D eigenvalue weighted by Crippen LogP contribution is 2.43. The predicted molar refractivity (Wildman–Crippen MR) is 84.0 cm³/mol. The van der Waals surface area contributed by atoms with Crippen molar-refractivity contribution in [3.8, 4) is 0 Å². The zero-order chi connectivity index (χ0) is 24.7. The van der Waals surface area contributed by atoms with Crippen LogP contribution in [0.15, 0.2) is 24.3 Å². The Bertz CT molecular complexity index is 879. The van der Waals surface area contributed by atoms with Crippen molar-refractivity contribution in [1.82, 2.24) is 4.90 Å². The van der Waals surface area contributed by atoms with E-state index in [1.807, 2.05) is 0 Å². The maximum atomic E-state index is 14.1. The Morgan fingerprint density at radius 2 is 1.41 bits per heavy atom. The first-order chi connectivity index (χ1) is 14.4. The van der Waals surface area contributed by atoms with Crippen LogP contribution in [0.1, 0.15) is 34.1 Å². The molecule has 1 aromatic rings. The minimum absolute atomic E-state index is 0.151. The quantitative estimate of drug-likeness (QED) is 0.335. The van der Waals surface area contributed by atoms with E-state index in [2.05, 4.69) is 9.47 Å². The number of hydrogen-bond donors (Lipinski definition) is 0. The van der Waals surface area contributed by atoms with Crippen LogP contribution in [0.5, 0.6) is 0 Å². The van der Waals surface area contributed by atoms with Crippen LogP contribution in [0.2, 0.25) is 0 Å². The number of alkyl halides is 9. The van der Waals surface area contributed by atoms with Gasteiger partial charge in [-0.25, -0.2) is 4.79 Å². The third-order valence-electron chi connectivity index (χ3n) is 4.09. The second-order valence-corrected chi connectivity index (χ2v) is 6.57. The molecule has 1 heterocycles. The molecule has 32 heavy (non-hydrogen) atoms. The topological polar surface area (TPSA) is 72.9 Å². The van der Waals surface area contributed by atoms with Crippen molar-refractivity contribution >= 4 is 17.8 Å². The third kappa shape index (κ3) is 5.31. The molecule has 0 aliphatic carbocycles. The van der Waals surface area contributed by atoms with Gasteiger partial charge < -0.3 is 4.74 Å². The van der Waals surface area contributed by atoms with Gasteiger partial charge in [-0.2, -0.15) is 39.5 Å². The molecule has 2 rings (SSSR count). The van der Waals surface area contributed by atoms with E-state index in [0.717, 1.165) is 6.92 Å². The van der Waals surface area contributed by atoms with Crippen LogP contribution in [0.3, 0.4) is 0 Å². The number of rotatable bonds is 7. The van der Waals surface area contributed by atoms with Gasteiger partial charge >= 0.3 is 30.3 Å². The summed E-state index contributed by atoms with van der Waals surface area (Å²) >= 11 is 0. The Balaban J connectivity index is 2.16. The van der Waals surface area contributed by atoms with Crippen molar-refractivity contribution in [2.45, 2.75) is 43.7 Å². The van der Waals surface area contributed by atoms with Gasteiger partial charge in [0.05, 0.1) is 11.1 Å². The largest absolute Gasteiger partial charge is 0.458 e. The van der Waals surface area contributed by atoms with Crippen LogP contribution < -0.4 is 0 Å². The van der Waals surface area contributed by atoms with E-state index in [0.29, 0.717) is 0 Å². The average molecular weight is 481 g/mol. The molecule has 0 bridgehead atoms. The summed E-state index contributed by atoms with van der Waals surface area (Å²) in [6.45, 7) is -1.81. The molecule has 0 saturated carbocycles. The second kappa shape index (κ2) is 8.26. The van der Waals surface area contributed by atoms with E-state index < -0.39 is 61.2 Å². The third-order valence-corrected chi connectivity index (χ3v) is 4.09. The molecule has 2 amide bonds. The number of carbonyl (C=O) groups excluding carboxylic acids is 3. The first kappa shape index (κ1) is 25.4. The fourth-order valence-corrected chi connectivity index (χ4v) is 2.62. The second-order valence-electron chi connectivity index (χ2n) is 6.57. The predicted octanol–water partition coefficient (Wildman–Crippen LogP) is 4.00. The van der Waals surface area contributed by atoms with E-state index >= 15 is 0 Å². The summed E-state index contributed by atoms with van der Waals surface area (Å²) in [6, 6.07) is 3.22. The number of halogens is 9. The molecule has 0 saturated heterocycles. The number of imide groups is 1. The van der Waals surface area contributed by atoms with Crippen LogP contribution in [0.25, 0.3) is 0 Å². The van der Waals surface area contributed by atoms with Crippen molar-refractivity contribution in [3.63, 3.8) is 0 Å². The summed E-state index contributed by atoms with van der Waals surface area (Å²) in [6.07, 6.45) is -21.0. The average Bonchev–Trinajstić information content (AvgIpc) is 2.87. The summed E-state index contributed by atoms with van der Waals surface area (Å²) in [5, 5.41) is 0. The molecule has 0 N–H and O–H groups in total. The standard InChI is InChI=1S/C17H12F9NO5/c1-8(27-11(28)9-4-2-3-5-10(9)12(27)29)13(30)31-7-14(18,17(24,25)26)32-16(22,23)6-15(19,20)21/h2-5,8H,6-7H2,1H3. The van der Waals surface area contributed by atoms with Gasteiger partial charge in [0.15, 0.2) is 6.61 Å². The van der Waals surface area contributed by atoms with Gasteiger partial charge in [0, 0.05) is 0 Å². The molecule has 15 heteroatoms. The molecule has 0 radical (unpaired) electrons. The van der Waals surface area contributed by atoms with Crippen molar-refractivity contribution in [2.24, 2.45) is 0 Å². The van der Waals surface area contributed by atoms with Crippen LogP contribution in [0.4, 0.5) is 39.5 Å². The minimum atomic E-state index is -6.35. The van der Waals surface area contributed by atoms with E-state index in [4.69, 9.17) is 0 Å². The SMILES string of the molecule is CC(C(=O)OCC(F)(OC(F)(F)CC(F)(F)F)C(F)(F)F)N1C(=O)c2ccccc2C1=O. The number of fused-ring (bicyclic) bond motifs is 1.